The molecule has 1 aliphatic carbocycles. The van der Waals surface area contributed by atoms with Gasteiger partial charge in [-0.05, 0) is 58.9 Å². The second-order valence-electron chi connectivity index (χ2n) is 7.81. The van der Waals surface area contributed by atoms with Gasteiger partial charge < -0.3 is 16.2 Å². The van der Waals surface area contributed by atoms with Crippen LogP contribution in [0.3, 0.4) is 0 Å². The van der Waals surface area contributed by atoms with Gasteiger partial charge in [0.25, 0.3) is 0 Å². The highest BCUT2D eigenvalue weighted by Crippen LogP contribution is 2.27. The Bertz CT molecular complexity index is 1170. The number of hydrogen-bond acceptors (Lipinski definition) is 3. The van der Waals surface area contributed by atoms with E-state index < -0.39 is 18.1 Å². The normalized spacial score (nSPS) is 13.1. The number of rotatable bonds is 5. The van der Waals surface area contributed by atoms with Crippen LogP contribution in [0.15, 0.2) is 66.7 Å². The molecule has 4 N–H and O–H groups in total. The average molecular weight is 491 g/mol. The Balaban J connectivity index is 0.000000406. The van der Waals surface area contributed by atoms with E-state index in [2.05, 4.69) is 29.6 Å². The molecule has 5 nitrogen and oxygen atoms in total. The number of aliphatic carboxylic acids is 1. The Morgan fingerprint density at radius 1 is 0.971 bits per heavy atom. The average Bonchev–Trinajstić information content (AvgIpc) is 3.21. The van der Waals surface area contributed by atoms with Crippen molar-refractivity contribution in [2.75, 3.05) is 0 Å². The standard InChI is InChI=1S/C23H21ClN2O.C2HF3O2/c24-22-13-18(15-6-3-7-19(10-15)23(25)27)8-9-20(22)14-26-21-11-16-4-1-2-5-17(16)12-21;3-2(4,5)1(6)7/h1-10,13,21,26H,11-12,14H2,(H2,25,27);(H,6,7). The molecular weight excluding hydrogens is 469 g/mol. The lowest BCUT2D eigenvalue weighted by atomic mass is 10.0. The van der Waals surface area contributed by atoms with Crippen molar-refractivity contribution >= 4 is 23.5 Å². The third-order valence-electron chi connectivity index (χ3n) is 5.41. The van der Waals surface area contributed by atoms with Crippen molar-refractivity contribution < 1.29 is 27.9 Å². The Morgan fingerprint density at radius 2 is 1.56 bits per heavy atom. The zero-order chi connectivity index (χ0) is 24.9. The minimum Gasteiger partial charge on any atom is -0.475 e. The fourth-order valence-electron chi connectivity index (χ4n) is 3.68. The second kappa shape index (κ2) is 10.7. The summed E-state index contributed by atoms with van der Waals surface area (Å²) in [6, 6.07) is 22.4. The molecule has 1 aliphatic rings. The van der Waals surface area contributed by atoms with Gasteiger partial charge in [0.2, 0.25) is 5.91 Å². The molecule has 0 spiro atoms. The first kappa shape index (κ1) is 25.3. The zero-order valence-electron chi connectivity index (χ0n) is 17.9. The first-order valence-corrected chi connectivity index (χ1v) is 10.7. The minimum atomic E-state index is -5.08. The van der Waals surface area contributed by atoms with E-state index in [0.29, 0.717) is 11.6 Å². The van der Waals surface area contributed by atoms with E-state index in [0.717, 1.165) is 41.1 Å². The quantitative estimate of drug-likeness (QED) is 0.469. The Kier molecular flexibility index (Phi) is 7.96. The van der Waals surface area contributed by atoms with Crippen LogP contribution < -0.4 is 11.1 Å². The summed E-state index contributed by atoms with van der Waals surface area (Å²) in [5.74, 6) is -3.19. The lowest BCUT2D eigenvalue weighted by Gasteiger charge is -2.14. The molecule has 4 rings (SSSR count). The number of hydrogen-bond donors (Lipinski definition) is 3. The van der Waals surface area contributed by atoms with Crippen molar-refractivity contribution in [2.24, 2.45) is 5.73 Å². The number of fused-ring (bicyclic) bond motifs is 1. The Labute approximate surface area is 199 Å². The molecule has 0 atom stereocenters. The van der Waals surface area contributed by atoms with E-state index in [-0.39, 0.29) is 0 Å². The predicted molar refractivity (Wildman–Crippen MR) is 124 cm³/mol. The van der Waals surface area contributed by atoms with Crippen LogP contribution >= 0.6 is 11.6 Å². The maximum atomic E-state index is 11.4. The molecule has 0 radical (unpaired) electrons. The van der Waals surface area contributed by atoms with E-state index in [1.165, 1.54) is 11.1 Å². The first-order chi connectivity index (χ1) is 16.0. The third-order valence-corrected chi connectivity index (χ3v) is 5.76. The second-order valence-corrected chi connectivity index (χ2v) is 8.22. The van der Waals surface area contributed by atoms with Gasteiger partial charge in [-0.25, -0.2) is 4.79 Å². The van der Waals surface area contributed by atoms with Gasteiger partial charge in [0.1, 0.15) is 0 Å². The molecule has 3 aromatic rings. The van der Waals surface area contributed by atoms with Crippen molar-refractivity contribution in [2.45, 2.75) is 31.6 Å². The van der Waals surface area contributed by atoms with Crippen LogP contribution in [-0.4, -0.2) is 29.2 Å². The number of benzene rings is 3. The van der Waals surface area contributed by atoms with Crippen LogP contribution in [0.25, 0.3) is 11.1 Å². The molecule has 9 heteroatoms. The maximum absolute atomic E-state index is 11.4. The number of amides is 1. The van der Waals surface area contributed by atoms with E-state index in [4.69, 9.17) is 27.2 Å². The van der Waals surface area contributed by atoms with Crippen LogP contribution in [0.1, 0.15) is 27.0 Å². The van der Waals surface area contributed by atoms with Crippen molar-refractivity contribution in [1.82, 2.24) is 5.32 Å². The Morgan fingerprint density at radius 3 is 2.09 bits per heavy atom. The molecule has 0 fully saturated rings. The molecule has 0 saturated heterocycles. The number of carbonyl (C=O) groups is 2. The van der Waals surface area contributed by atoms with Gasteiger partial charge in [-0.15, -0.1) is 0 Å². The summed E-state index contributed by atoms with van der Waals surface area (Å²) in [5.41, 5.74) is 11.7. The first-order valence-electron chi connectivity index (χ1n) is 10.3. The molecule has 0 aliphatic heterocycles. The summed E-state index contributed by atoms with van der Waals surface area (Å²) < 4.78 is 31.7. The van der Waals surface area contributed by atoms with Crippen molar-refractivity contribution in [3.05, 3.63) is 94.0 Å². The largest absolute Gasteiger partial charge is 0.490 e. The minimum absolute atomic E-state index is 0.429. The summed E-state index contributed by atoms with van der Waals surface area (Å²) in [4.78, 5) is 20.3. The summed E-state index contributed by atoms with van der Waals surface area (Å²) in [5, 5.41) is 11.5. The van der Waals surface area contributed by atoms with Crippen molar-refractivity contribution in [1.29, 1.82) is 0 Å². The highest BCUT2D eigenvalue weighted by Gasteiger charge is 2.38. The summed E-state index contributed by atoms with van der Waals surface area (Å²) in [6.45, 7) is 0.735. The maximum Gasteiger partial charge on any atom is 0.490 e. The lowest BCUT2D eigenvalue weighted by molar-refractivity contribution is -0.192. The molecule has 0 saturated carbocycles. The SMILES string of the molecule is NC(=O)c1cccc(-c2ccc(CNC3Cc4ccccc4C3)c(Cl)c2)c1.O=C(O)C(F)(F)F. The van der Waals surface area contributed by atoms with Gasteiger partial charge >= 0.3 is 12.1 Å². The molecule has 0 unspecified atom stereocenters. The number of nitrogens with one attached hydrogen (secondary N) is 1. The van der Waals surface area contributed by atoms with E-state index in [1.54, 1.807) is 12.1 Å². The smallest absolute Gasteiger partial charge is 0.475 e. The van der Waals surface area contributed by atoms with Crippen molar-refractivity contribution in [3.63, 3.8) is 0 Å². The fourth-order valence-corrected chi connectivity index (χ4v) is 3.93. The van der Waals surface area contributed by atoms with Crippen LogP contribution in [-0.2, 0) is 24.2 Å². The predicted octanol–water partition coefficient (Wildman–Crippen LogP) is 5.00. The van der Waals surface area contributed by atoms with Crippen LogP contribution in [0.4, 0.5) is 13.2 Å². The van der Waals surface area contributed by atoms with Gasteiger partial charge in [-0.2, -0.15) is 13.2 Å². The summed E-state index contributed by atoms with van der Waals surface area (Å²) >= 11 is 6.52. The summed E-state index contributed by atoms with van der Waals surface area (Å²) in [7, 11) is 0. The number of carboxylic acid groups (broad SMARTS) is 1. The number of alkyl halides is 3. The van der Waals surface area contributed by atoms with Gasteiger partial charge in [-0.1, -0.05) is 60.1 Å². The van der Waals surface area contributed by atoms with Gasteiger partial charge in [0, 0.05) is 23.2 Å². The molecule has 0 bridgehead atoms. The molecule has 178 valence electrons. The van der Waals surface area contributed by atoms with E-state index in [1.807, 2.05) is 30.3 Å². The Hall–Kier alpha value is -3.36. The van der Waals surface area contributed by atoms with Crippen LogP contribution in [0.2, 0.25) is 5.02 Å². The molecule has 0 heterocycles. The number of primary amides is 1. The number of carbonyl (C=O) groups excluding carboxylic acids is 1. The van der Waals surface area contributed by atoms with Gasteiger partial charge in [0.05, 0.1) is 0 Å². The lowest BCUT2D eigenvalue weighted by Crippen LogP contribution is -2.29. The molecule has 34 heavy (non-hydrogen) atoms. The zero-order valence-corrected chi connectivity index (χ0v) is 18.7. The molecule has 0 aromatic heterocycles. The number of halogens is 4. The van der Waals surface area contributed by atoms with Crippen molar-refractivity contribution in [3.8, 4) is 11.1 Å². The van der Waals surface area contributed by atoms with E-state index in [9.17, 15) is 18.0 Å². The highest BCUT2D eigenvalue weighted by molar-refractivity contribution is 6.31. The number of carboxylic acids is 1. The monoisotopic (exact) mass is 490 g/mol. The third kappa shape index (κ3) is 6.59. The van der Waals surface area contributed by atoms with E-state index >= 15 is 0 Å². The summed E-state index contributed by atoms with van der Waals surface area (Å²) in [6.07, 6.45) is -2.96. The topological polar surface area (TPSA) is 92.4 Å². The van der Waals surface area contributed by atoms with Crippen LogP contribution in [0, 0.1) is 0 Å². The van der Waals surface area contributed by atoms with Gasteiger partial charge in [-0.3, -0.25) is 4.79 Å². The molecule has 1 amide bonds. The number of nitrogens with two attached hydrogens (primary N) is 1. The fraction of sp³-hybridized carbons (Fsp3) is 0.200. The molecule has 3 aromatic carbocycles. The van der Waals surface area contributed by atoms with Crippen LogP contribution in [0.5, 0.6) is 0 Å². The highest BCUT2D eigenvalue weighted by atomic mass is 35.5. The molecular formula is C25H22ClF3N2O3. The van der Waals surface area contributed by atoms with Gasteiger partial charge in [0.15, 0.2) is 0 Å².